The van der Waals surface area contributed by atoms with Crippen molar-refractivity contribution in [3.8, 4) is 11.5 Å². The van der Waals surface area contributed by atoms with E-state index < -0.39 is 18.0 Å². The van der Waals surface area contributed by atoms with Crippen LogP contribution >= 0.6 is 23.2 Å². The number of carbonyl (C=O) groups is 2. The summed E-state index contributed by atoms with van der Waals surface area (Å²) >= 11 is 12.3. The number of hydrogen-bond donors (Lipinski definition) is 3. The summed E-state index contributed by atoms with van der Waals surface area (Å²) in [7, 11) is 3.03. The molecule has 0 radical (unpaired) electrons. The van der Waals surface area contributed by atoms with E-state index in [1.165, 1.54) is 14.2 Å². The van der Waals surface area contributed by atoms with Crippen molar-refractivity contribution < 1.29 is 19.1 Å². The Morgan fingerprint density at radius 2 is 1.86 bits per heavy atom. The molecule has 1 atom stereocenters. The number of methoxy groups -OCH3 is 2. The molecule has 1 heterocycles. The van der Waals surface area contributed by atoms with Gasteiger partial charge in [-0.05, 0) is 36.8 Å². The standard InChI is InChI=1S/C20H19Cl2N3O4/c1-10-17(19(26)24-15-9-12(28-2)5-7-16(15)29-3)18(25-20(27)23-10)13-6-4-11(21)8-14(13)22/h4-9,18H,1-3H3,(H,24,26)(H2,23,25,27). The second-order valence-electron chi connectivity index (χ2n) is 6.26. The topological polar surface area (TPSA) is 88.7 Å². The number of halogens is 2. The van der Waals surface area contributed by atoms with Gasteiger partial charge in [-0.3, -0.25) is 4.79 Å². The average Bonchev–Trinajstić information content (AvgIpc) is 2.67. The third-order valence-electron chi connectivity index (χ3n) is 4.44. The van der Waals surface area contributed by atoms with Crippen molar-refractivity contribution in [1.82, 2.24) is 10.6 Å². The summed E-state index contributed by atoms with van der Waals surface area (Å²) in [6.07, 6.45) is 0. The first-order chi connectivity index (χ1) is 13.8. The van der Waals surface area contributed by atoms with Crippen LogP contribution in [0.3, 0.4) is 0 Å². The Labute approximate surface area is 178 Å². The smallest absolute Gasteiger partial charge is 0.319 e. The van der Waals surface area contributed by atoms with Crippen LogP contribution in [0.1, 0.15) is 18.5 Å². The highest BCUT2D eigenvalue weighted by molar-refractivity contribution is 6.35. The summed E-state index contributed by atoms with van der Waals surface area (Å²) < 4.78 is 10.5. The van der Waals surface area contributed by atoms with Gasteiger partial charge in [-0.25, -0.2) is 4.79 Å². The Bertz CT molecular complexity index is 1010. The van der Waals surface area contributed by atoms with E-state index in [1.54, 1.807) is 43.3 Å². The summed E-state index contributed by atoms with van der Waals surface area (Å²) in [5.74, 6) is 0.586. The van der Waals surface area contributed by atoms with Gasteiger partial charge < -0.3 is 25.4 Å². The molecule has 2 aromatic rings. The predicted octanol–water partition coefficient (Wildman–Crippen LogP) is 4.28. The van der Waals surface area contributed by atoms with Crippen molar-refractivity contribution in [2.45, 2.75) is 13.0 Å². The van der Waals surface area contributed by atoms with E-state index >= 15 is 0 Å². The number of amides is 3. The van der Waals surface area contributed by atoms with Gasteiger partial charge in [0.2, 0.25) is 0 Å². The summed E-state index contributed by atoms with van der Waals surface area (Å²) in [5, 5.41) is 8.97. The average molecular weight is 436 g/mol. The van der Waals surface area contributed by atoms with Crippen LogP contribution in [0.25, 0.3) is 0 Å². The van der Waals surface area contributed by atoms with Gasteiger partial charge in [0.15, 0.2) is 0 Å². The van der Waals surface area contributed by atoms with Crippen LogP contribution < -0.4 is 25.4 Å². The zero-order valence-corrected chi connectivity index (χ0v) is 17.4. The lowest BCUT2D eigenvalue weighted by Gasteiger charge is -2.29. The van der Waals surface area contributed by atoms with Crippen LogP contribution in [0, 0.1) is 0 Å². The molecule has 1 unspecified atom stereocenters. The lowest BCUT2D eigenvalue weighted by Crippen LogP contribution is -2.46. The molecule has 0 aliphatic carbocycles. The van der Waals surface area contributed by atoms with Crippen molar-refractivity contribution >= 4 is 40.8 Å². The fourth-order valence-corrected chi connectivity index (χ4v) is 3.58. The summed E-state index contributed by atoms with van der Waals surface area (Å²) in [6, 6.07) is 8.73. The fourth-order valence-electron chi connectivity index (χ4n) is 3.07. The van der Waals surface area contributed by atoms with Crippen molar-refractivity contribution in [2.24, 2.45) is 0 Å². The molecule has 0 aromatic heterocycles. The van der Waals surface area contributed by atoms with E-state index in [0.29, 0.717) is 44.1 Å². The Morgan fingerprint density at radius 1 is 1.10 bits per heavy atom. The van der Waals surface area contributed by atoms with E-state index in [9.17, 15) is 9.59 Å². The van der Waals surface area contributed by atoms with Crippen LogP contribution in [0.2, 0.25) is 10.0 Å². The van der Waals surface area contributed by atoms with Crippen molar-refractivity contribution in [3.63, 3.8) is 0 Å². The van der Waals surface area contributed by atoms with Gasteiger partial charge in [0.25, 0.3) is 5.91 Å². The number of rotatable bonds is 5. The molecule has 152 valence electrons. The third kappa shape index (κ3) is 4.41. The monoisotopic (exact) mass is 435 g/mol. The van der Waals surface area contributed by atoms with Crippen molar-refractivity contribution in [3.05, 3.63) is 63.3 Å². The second-order valence-corrected chi connectivity index (χ2v) is 7.10. The SMILES string of the molecule is COc1ccc(OC)c(NC(=O)C2=C(C)NC(=O)NC2c2ccc(Cl)cc2Cl)c1. The Kier molecular flexibility index (Phi) is 6.20. The molecule has 0 saturated heterocycles. The molecule has 1 aliphatic rings. The maximum absolute atomic E-state index is 13.2. The number of anilines is 1. The minimum Gasteiger partial charge on any atom is -0.497 e. The van der Waals surface area contributed by atoms with Gasteiger partial charge in [0.1, 0.15) is 11.5 Å². The zero-order valence-electron chi connectivity index (χ0n) is 15.9. The number of benzene rings is 2. The first kappa shape index (κ1) is 20.8. The lowest BCUT2D eigenvalue weighted by atomic mass is 9.94. The Hall–Kier alpha value is -2.90. The quantitative estimate of drug-likeness (QED) is 0.653. The molecule has 1 aliphatic heterocycles. The maximum atomic E-state index is 13.2. The van der Waals surface area contributed by atoms with Crippen LogP contribution in [-0.4, -0.2) is 26.2 Å². The molecule has 2 aromatic carbocycles. The summed E-state index contributed by atoms with van der Waals surface area (Å²) in [5.41, 5.74) is 1.69. The van der Waals surface area contributed by atoms with E-state index in [1.807, 2.05) is 0 Å². The molecule has 0 saturated carbocycles. The molecule has 3 N–H and O–H groups in total. The summed E-state index contributed by atoms with van der Waals surface area (Å²) in [6.45, 7) is 1.65. The molecular formula is C20H19Cl2N3O4. The van der Waals surface area contributed by atoms with Gasteiger partial charge in [0, 0.05) is 21.8 Å². The van der Waals surface area contributed by atoms with Crippen molar-refractivity contribution in [2.75, 3.05) is 19.5 Å². The minimum atomic E-state index is -0.759. The third-order valence-corrected chi connectivity index (χ3v) is 5.00. The highest BCUT2D eigenvalue weighted by atomic mass is 35.5. The number of urea groups is 1. The van der Waals surface area contributed by atoms with Gasteiger partial charge in [0.05, 0.1) is 31.5 Å². The molecule has 29 heavy (non-hydrogen) atoms. The fraction of sp³-hybridized carbons (Fsp3) is 0.200. The van der Waals surface area contributed by atoms with Crippen LogP contribution in [0.4, 0.5) is 10.5 Å². The maximum Gasteiger partial charge on any atom is 0.319 e. The minimum absolute atomic E-state index is 0.304. The molecule has 3 rings (SSSR count). The number of carbonyl (C=O) groups excluding carboxylic acids is 2. The van der Waals surface area contributed by atoms with Crippen LogP contribution in [-0.2, 0) is 4.79 Å². The molecule has 3 amide bonds. The number of ether oxygens (including phenoxy) is 2. The predicted molar refractivity (Wildman–Crippen MR) is 112 cm³/mol. The van der Waals surface area contributed by atoms with Gasteiger partial charge in [-0.1, -0.05) is 29.3 Å². The largest absolute Gasteiger partial charge is 0.497 e. The molecule has 0 spiro atoms. The van der Waals surface area contributed by atoms with E-state index in [0.717, 1.165) is 0 Å². The number of allylic oxidation sites excluding steroid dienone is 1. The Morgan fingerprint density at radius 3 is 2.52 bits per heavy atom. The first-order valence-electron chi connectivity index (χ1n) is 8.60. The van der Waals surface area contributed by atoms with E-state index in [-0.39, 0.29) is 0 Å². The van der Waals surface area contributed by atoms with Gasteiger partial charge >= 0.3 is 6.03 Å². The van der Waals surface area contributed by atoms with Gasteiger partial charge in [-0.15, -0.1) is 0 Å². The van der Waals surface area contributed by atoms with Crippen LogP contribution in [0.15, 0.2) is 47.7 Å². The Balaban J connectivity index is 2.00. The molecule has 0 fully saturated rings. The molecule has 9 heteroatoms. The summed E-state index contributed by atoms with van der Waals surface area (Å²) in [4.78, 5) is 25.2. The van der Waals surface area contributed by atoms with E-state index in [4.69, 9.17) is 32.7 Å². The number of nitrogens with one attached hydrogen (secondary N) is 3. The molecule has 7 nitrogen and oxygen atoms in total. The lowest BCUT2D eigenvalue weighted by molar-refractivity contribution is -0.113. The normalized spacial score (nSPS) is 16.0. The number of hydrogen-bond acceptors (Lipinski definition) is 4. The highest BCUT2D eigenvalue weighted by Gasteiger charge is 2.32. The van der Waals surface area contributed by atoms with Crippen molar-refractivity contribution in [1.29, 1.82) is 0 Å². The molecular weight excluding hydrogens is 417 g/mol. The second kappa shape index (κ2) is 8.63. The molecule has 0 bridgehead atoms. The zero-order chi connectivity index (χ0) is 21.1. The van der Waals surface area contributed by atoms with Crippen LogP contribution in [0.5, 0.6) is 11.5 Å². The highest BCUT2D eigenvalue weighted by Crippen LogP contribution is 2.35. The first-order valence-corrected chi connectivity index (χ1v) is 9.36. The van der Waals surface area contributed by atoms with E-state index in [2.05, 4.69) is 16.0 Å². The van der Waals surface area contributed by atoms with Gasteiger partial charge in [-0.2, -0.15) is 0 Å².